The van der Waals surface area contributed by atoms with Crippen LogP contribution in [0, 0.1) is 0 Å². The summed E-state index contributed by atoms with van der Waals surface area (Å²) >= 11 is 0. The van der Waals surface area contributed by atoms with E-state index in [9.17, 15) is 15.3 Å². The summed E-state index contributed by atoms with van der Waals surface area (Å²) in [5.41, 5.74) is 2.79. The summed E-state index contributed by atoms with van der Waals surface area (Å²) in [5, 5.41) is 31.9. The zero-order chi connectivity index (χ0) is 20.9. The average Bonchev–Trinajstić information content (AvgIpc) is 2.78. The molecule has 5 nitrogen and oxygen atoms in total. The Labute approximate surface area is 177 Å². The number of aliphatic hydroxyl groups excluding tert-OH is 3. The van der Waals surface area contributed by atoms with Crippen LogP contribution in [0.2, 0.25) is 0 Å². The van der Waals surface area contributed by atoms with Crippen molar-refractivity contribution in [2.75, 3.05) is 26.2 Å². The van der Waals surface area contributed by atoms with Crippen LogP contribution in [0.15, 0.2) is 60.7 Å². The van der Waals surface area contributed by atoms with Crippen LogP contribution in [0.4, 0.5) is 0 Å². The Kier molecular flexibility index (Phi) is 6.65. The molecule has 1 aliphatic rings. The highest BCUT2D eigenvalue weighted by Crippen LogP contribution is 2.37. The average molecular weight is 408 g/mol. The molecule has 3 aromatic carbocycles. The molecular formula is C25H29NO4. The van der Waals surface area contributed by atoms with Gasteiger partial charge in [0.25, 0.3) is 0 Å². The predicted molar refractivity (Wildman–Crippen MR) is 118 cm³/mol. The maximum absolute atomic E-state index is 10.5. The van der Waals surface area contributed by atoms with Gasteiger partial charge in [0, 0.05) is 25.2 Å². The normalized spacial score (nSPS) is 16.6. The summed E-state index contributed by atoms with van der Waals surface area (Å²) in [6, 6.07) is 20.0. The lowest BCUT2D eigenvalue weighted by Crippen LogP contribution is -2.41. The molecule has 1 heterocycles. The number of β-amino-alcohol motifs (C(OH)–C–C–N with tert-alkyl or cyclic N) is 1. The highest BCUT2D eigenvalue weighted by molar-refractivity contribution is 5.99. The molecule has 0 aromatic heterocycles. The molecule has 0 saturated carbocycles. The van der Waals surface area contributed by atoms with Crippen LogP contribution in [-0.2, 0) is 6.61 Å². The third-order valence-corrected chi connectivity index (χ3v) is 5.75. The van der Waals surface area contributed by atoms with Crippen molar-refractivity contribution in [1.29, 1.82) is 0 Å². The van der Waals surface area contributed by atoms with Gasteiger partial charge in [0.15, 0.2) is 0 Å². The number of fused-ring (bicyclic) bond motifs is 1. The van der Waals surface area contributed by atoms with Gasteiger partial charge in [-0.15, -0.1) is 0 Å². The number of ether oxygens (including phenoxy) is 1. The lowest BCUT2D eigenvalue weighted by Gasteiger charge is -2.31. The van der Waals surface area contributed by atoms with E-state index in [1.165, 1.54) is 0 Å². The van der Waals surface area contributed by atoms with Crippen molar-refractivity contribution in [3.8, 4) is 16.9 Å². The second-order valence-corrected chi connectivity index (χ2v) is 8.01. The summed E-state index contributed by atoms with van der Waals surface area (Å²) < 4.78 is 6.11. The second-order valence-electron chi connectivity index (χ2n) is 8.01. The summed E-state index contributed by atoms with van der Waals surface area (Å²) in [6.07, 6.45) is 0.681. The zero-order valence-electron chi connectivity index (χ0n) is 17.1. The fraction of sp³-hybridized carbons (Fsp3) is 0.360. The quantitative estimate of drug-likeness (QED) is 0.561. The first-order valence-corrected chi connectivity index (χ1v) is 10.6. The molecule has 30 heavy (non-hydrogen) atoms. The van der Waals surface area contributed by atoms with Crippen molar-refractivity contribution in [3.63, 3.8) is 0 Å². The number of benzene rings is 3. The number of likely N-dealkylation sites (tertiary alicyclic amines) is 1. The molecule has 1 fully saturated rings. The van der Waals surface area contributed by atoms with Crippen molar-refractivity contribution in [1.82, 2.24) is 4.90 Å². The topological polar surface area (TPSA) is 73.2 Å². The van der Waals surface area contributed by atoms with Gasteiger partial charge in [0.1, 0.15) is 18.5 Å². The van der Waals surface area contributed by atoms with Gasteiger partial charge >= 0.3 is 0 Å². The summed E-state index contributed by atoms with van der Waals surface area (Å²) in [7, 11) is 0. The van der Waals surface area contributed by atoms with Gasteiger partial charge in [0.05, 0.1) is 12.7 Å². The minimum absolute atomic E-state index is 0.0158. The summed E-state index contributed by atoms with van der Waals surface area (Å²) in [5.74, 6) is 0.719. The molecule has 158 valence electrons. The van der Waals surface area contributed by atoms with Crippen LogP contribution in [-0.4, -0.2) is 58.7 Å². The molecule has 1 saturated heterocycles. The Bertz CT molecular complexity index is 982. The van der Waals surface area contributed by atoms with Gasteiger partial charge in [0.2, 0.25) is 0 Å². The SMILES string of the molecule is OCc1cccc(-c2c(OCC(O)CN3CCC(O)CC3)ccc3ccccc23)c1. The first kappa shape index (κ1) is 20.8. The Morgan fingerprint density at radius 2 is 1.80 bits per heavy atom. The van der Waals surface area contributed by atoms with E-state index in [-0.39, 0.29) is 19.3 Å². The first-order valence-electron chi connectivity index (χ1n) is 10.6. The van der Waals surface area contributed by atoms with E-state index >= 15 is 0 Å². The van der Waals surface area contributed by atoms with Crippen molar-refractivity contribution >= 4 is 10.8 Å². The van der Waals surface area contributed by atoms with Crippen molar-refractivity contribution < 1.29 is 20.1 Å². The van der Waals surface area contributed by atoms with Gasteiger partial charge in [-0.2, -0.15) is 0 Å². The van der Waals surface area contributed by atoms with Crippen LogP contribution in [0.5, 0.6) is 5.75 Å². The van der Waals surface area contributed by atoms with E-state index < -0.39 is 6.10 Å². The molecule has 0 radical (unpaired) electrons. The van der Waals surface area contributed by atoms with Gasteiger partial charge in [-0.1, -0.05) is 48.5 Å². The molecule has 0 aliphatic carbocycles. The van der Waals surface area contributed by atoms with E-state index in [1.807, 2.05) is 48.5 Å². The molecule has 1 aliphatic heterocycles. The molecule has 5 heteroatoms. The van der Waals surface area contributed by atoms with Crippen molar-refractivity contribution in [2.45, 2.75) is 31.7 Å². The molecular weight excluding hydrogens is 378 g/mol. The Balaban J connectivity index is 1.56. The van der Waals surface area contributed by atoms with Gasteiger partial charge < -0.3 is 25.0 Å². The summed E-state index contributed by atoms with van der Waals surface area (Å²) in [4.78, 5) is 2.17. The van der Waals surface area contributed by atoms with Crippen molar-refractivity contribution in [3.05, 3.63) is 66.2 Å². The van der Waals surface area contributed by atoms with Crippen LogP contribution >= 0.6 is 0 Å². The van der Waals surface area contributed by atoms with Crippen molar-refractivity contribution in [2.24, 2.45) is 0 Å². The maximum Gasteiger partial charge on any atom is 0.127 e. The zero-order valence-corrected chi connectivity index (χ0v) is 17.1. The standard InChI is InChI=1S/C25H29NO4/c27-16-18-4-3-6-20(14-18)25-23-7-2-1-5-19(23)8-9-24(25)30-17-22(29)15-26-12-10-21(28)11-13-26/h1-9,14,21-22,27-29H,10-13,15-17H2. The Hall–Kier alpha value is -2.44. The monoisotopic (exact) mass is 407 g/mol. The van der Waals surface area contributed by atoms with Gasteiger partial charge in [-0.05, 0) is 46.9 Å². The fourth-order valence-corrected chi connectivity index (χ4v) is 4.13. The van der Waals surface area contributed by atoms with Gasteiger partial charge in [-0.3, -0.25) is 0 Å². The first-order chi connectivity index (χ1) is 14.6. The number of hydrogen-bond acceptors (Lipinski definition) is 5. The van der Waals surface area contributed by atoms with E-state index in [2.05, 4.69) is 17.0 Å². The van der Waals surface area contributed by atoms with Crippen LogP contribution in [0.1, 0.15) is 18.4 Å². The predicted octanol–water partition coefficient (Wildman–Crippen LogP) is 3.20. The van der Waals surface area contributed by atoms with Crippen LogP contribution in [0.3, 0.4) is 0 Å². The molecule has 3 N–H and O–H groups in total. The Morgan fingerprint density at radius 3 is 2.60 bits per heavy atom. The largest absolute Gasteiger partial charge is 0.490 e. The molecule has 0 bridgehead atoms. The number of hydrogen-bond donors (Lipinski definition) is 3. The lowest BCUT2D eigenvalue weighted by molar-refractivity contribution is 0.0339. The molecule has 1 unspecified atom stereocenters. The third-order valence-electron chi connectivity index (χ3n) is 5.75. The number of nitrogens with zero attached hydrogens (tertiary/aromatic N) is 1. The Morgan fingerprint density at radius 1 is 1.00 bits per heavy atom. The number of piperidine rings is 1. The number of rotatable bonds is 7. The summed E-state index contributed by atoms with van der Waals surface area (Å²) in [6.45, 7) is 2.32. The van der Waals surface area contributed by atoms with Crippen LogP contribution in [0.25, 0.3) is 21.9 Å². The molecule has 0 amide bonds. The highest BCUT2D eigenvalue weighted by atomic mass is 16.5. The molecule has 0 spiro atoms. The molecule has 1 atom stereocenters. The highest BCUT2D eigenvalue weighted by Gasteiger charge is 2.20. The van der Waals surface area contributed by atoms with E-state index in [4.69, 9.17) is 4.74 Å². The number of aliphatic hydroxyl groups is 3. The van der Waals surface area contributed by atoms with Crippen LogP contribution < -0.4 is 4.74 Å². The molecule has 4 rings (SSSR count). The fourth-order valence-electron chi connectivity index (χ4n) is 4.13. The second kappa shape index (κ2) is 9.58. The van der Waals surface area contributed by atoms with E-state index in [1.54, 1.807) is 0 Å². The van der Waals surface area contributed by atoms with E-state index in [0.29, 0.717) is 6.54 Å². The van der Waals surface area contributed by atoms with Gasteiger partial charge in [-0.25, -0.2) is 0 Å². The van der Waals surface area contributed by atoms with E-state index in [0.717, 1.165) is 59.1 Å². The smallest absolute Gasteiger partial charge is 0.127 e. The minimum atomic E-state index is -0.608. The maximum atomic E-state index is 10.5. The lowest BCUT2D eigenvalue weighted by atomic mass is 9.96. The third kappa shape index (κ3) is 4.82. The molecule has 3 aromatic rings. The minimum Gasteiger partial charge on any atom is -0.490 e.